The van der Waals surface area contributed by atoms with Crippen molar-refractivity contribution in [3.05, 3.63) is 28.0 Å². The molecule has 0 fully saturated rings. The summed E-state index contributed by atoms with van der Waals surface area (Å²) in [5.74, 6) is -0.708. The van der Waals surface area contributed by atoms with Gasteiger partial charge in [0.05, 0.1) is 10.0 Å². The van der Waals surface area contributed by atoms with Gasteiger partial charge in [-0.15, -0.1) is 0 Å². The predicted molar refractivity (Wildman–Crippen MR) is 65.8 cm³/mol. The molecule has 16 heavy (non-hydrogen) atoms. The molecule has 0 saturated carbocycles. The molecule has 0 heterocycles. The monoisotopic (exact) mass is 277 g/mol. The Morgan fingerprint density at radius 3 is 2.81 bits per heavy atom. The fraction of sp³-hybridized carbons (Fsp3) is 0.111. The van der Waals surface area contributed by atoms with Crippen LogP contribution in [0.25, 0.3) is 0 Å². The Kier molecular flexibility index (Phi) is 4.87. The van der Waals surface area contributed by atoms with Crippen LogP contribution in [-0.2, 0) is 0 Å². The molecule has 1 aromatic carbocycles. The van der Waals surface area contributed by atoms with Gasteiger partial charge in [0.1, 0.15) is 5.69 Å². The number of rotatable bonds is 1. The topological polar surface area (TPSA) is 48.2 Å². The summed E-state index contributed by atoms with van der Waals surface area (Å²) >= 11 is 12.4. The van der Waals surface area contributed by atoms with E-state index in [9.17, 15) is 4.39 Å². The number of aliphatic imine (C=N–C) groups is 1. The molecule has 0 bridgehead atoms. The largest absolute Gasteiger partial charge is 0.271 e. The highest BCUT2D eigenvalue weighted by Crippen LogP contribution is 2.31. The maximum atomic E-state index is 13.6. The Labute approximate surface area is 106 Å². The van der Waals surface area contributed by atoms with E-state index in [2.05, 4.69) is 10.3 Å². The maximum Gasteiger partial charge on any atom is 0.183 e. The maximum absolute atomic E-state index is 13.6. The van der Waals surface area contributed by atoms with Crippen molar-refractivity contribution in [1.29, 1.82) is 5.26 Å². The number of thioether (sulfide) groups is 1. The molecule has 0 spiro atoms. The number of nitrogens with zero attached hydrogens (tertiary/aromatic N) is 2. The summed E-state index contributed by atoms with van der Waals surface area (Å²) in [4.78, 5) is 3.90. The van der Waals surface area contributed by atoms with Gasteiger partial charge in [0, 0.05) is 0 Å². The summed E-state index contributed by atoms with van der Waals surface area (Å²) in [6.07, 6.45) is 3.41. The van der Waals surface area contributed by atoms with E-state index in [1.807, 2.05) is 0 Å². The summed E-state index contributed by atoms with van der Waals surface area (Å²) in [6.45, 7) is 0. The lowest BCUT2D eigenvalue weighted by Crippen LogP contribution is -2.12. The fourth-order valence-electron chi connectivity index (χ4n) is 0.884. The average molecular weight is 278 g/mol. The van der Waals surface area contributed by atoms with Gasteiger partial charge in [-0.2, -0.15) is 5.26 Å². The highest BCUT2D eigenvalue weighted by molar-refractivity contribution is 8.13. The van der Waals surface area contributed by atoms with Gasteiger partial charge in [-0.25, -0.2) is 9.38 Å². The number of hydrogen-bond donors (Lipinski definition) is 1. The second-order valence-corrected chi connectivity index (χ2v) is 4.13. The molecule has 1 rings (SSSR count). The molecule has 0 aromatic heterocycles. The van der Waals surface area contributed by atoms with Gasteiger partial charge in [0.2, 0.25) is 0 Å². The standard InChI is InChI=1S/C9H6Cl2FN3S/c1-16-9(14-4-13)15-6-3-2-5(10)7(11)8(6)12/h2-3H,1H3,(H,14,15). The average Bonchev–Trinajstić information content (AvgIpc) is 2.29. The highest BCUT2D eigenvalue weighted by Gasteiger charge is 2.10. The third-order valence-corrected chi connectivity index (χ3v) is 2.95. The summed E-state index contributed by atoms with van der Waals surface area (Å²) in [7, 11) is 0. The van der Waals surface area contributed by atoms with Crippen LogP contribution in [0.15, 0.2) is 17.1 Å². The lowest BCUT2D eigenvalue weighted by molar-refractivity contribution is 0.630. The lowest BCUT2D eigenvalue weighted by Gasteiger charge is -2.03. The van der Waals surface area contributed by atoms with Crippen molar-refractivity contribution in [2.24, 2.45) is 4.99 Å². The molecule has 7 heteroatoms. The second-order valence-electron chi connectivity index (χ2n) is 2.55. The summed E-state index contributed by atoms with van der Waals surface area (Å²) in [5.41, 5.74) is 0.0292. The lowest BCUT2D eigenvalue weighted by atomic mass is 10.3. The van der Waals surface area contributed by atoms with E-state index in [0.29, 0.717) is 0 Å². The Hall–Kier alpha value is -0.960. The van der Waals surface area contributed by atoms with Crippen molar-refractivity contribution < 1.29 is 4.39 Å². The molecule has 84 valence electrons. The Morgan fingerprint density at radius 1 is 1.56 bits per heavy atom. The van der Waals surface area contributed by atoms with Crippen molar-refractivity contribution in [3.8, 4) is 6.19 Å². The quantitative estimate of drug-likeness (QED) is 0.281. The minimum absolute atomic E-state index is 0.0292. The summed E-state index contributed by atoms with van der Waals surface area (Å²) < 4.78 is 13.6. The first-order valence-electron chi connectivity index (χ1n) is 4.01. The second kappa shape index (κ2) is 5.94. The van der Waals surface area contributed by atoms with Crippen LogP contribution in [0.3, 0.4) is 0 Å². The minimum Gasteiger partial charge on any atom is -0.271 e. The van der Waals surface area contributed by atoms with Gasteiger partial charge in [-0.05, 0) is 18.4 Å². The van der Waals surface area contributed by atoms with Gasteiger partial charge in [-0.3, -0.25) is 5.32 Å². The van der Waals surface area contributed by atoms with Gasteiger partial charge in [0.15, 0.2) is 17.2 Å². The molecular formula is C9H6Cl2FN3S. The zero-order valence-corrected chi connectivity index (χ0v) is 10.4. The molecule has 1 N–H and O–H groups in total. The van der Waals surface area contributed by atoms with E-state index in [1.165, 1.54) is 23.9 Å². The van der Waals surface area contributed by atoms with E-state index >= 15 is 0 Å². The van der Waals surface area contributed by atoms with E-state index in [-0.39, 0.29) is 20.9 Å². The van der Waals surface area contributed by atoms with Crippen molar-refractivity contribution in [1.82, 2.24) is 5.32 Å². The molecule has 0 saturated heterocycles. The molecule has 0 amide bonds. The number of benzene rings is 1. The number of hydrogen-bond acceptors (Lipinski definition) is 3. The number of amidine groups is 1. The molecule has 0 atom stereocenters. The molecule has 0 unspecified atom stereocenters. The third kappa shape index (κ3) is 3.01. The molecule has 0 aliphatic heterocycles. The minimum atomic E-state index is -0.708. The zero-order valence-electron chi connectivity index (χ0n) is 8.09. The number of nitriles is 1. The van der Waals surface area contributed by atoms with E-state index < -0.39 is 5.82 Å². The number of nitrogens with one attached hydrogen (secondary N) is 1. The van der Waals surface area contributed by atoms with Crippen LogP contribution in [0, 0.1) is 17.3 Å². The molecule has 0 aliphatic carbocycles. The van der Waals surface area contributed by atoms with Crippen molar-refractivity contribution in [2.75, 3.05) is 6.26 Å². The smallest absolute Gasteiger partial charge is 0.183 e. The van der Waals surface area contributed by atoms with Crippen LogP contribution in [0.5, 0.6) is 0 Å². The first-order chi connectivity index (χ1) is 7.60. The van der Waals surface area contributed by atoms with Crippen LogP contribution < -0.4 is 5.32 Å². The molecule has 0 radical (unpaired) electrons. The predicted octanol–water partition coefficient (Wildman–Crippen LogP) is 3.55. The molecule has 1 aromatic rings. The Morgan fingerprint density at radius 2 is 2.25 bits per heavy atom. The van der Waals surface area contributed by atoms with Gasteiger partial charge < -0.3 is 0 Å². The van der Waals surface area contributed by atoms with Crippen LogP contribution in [-0.4, -0.2) is 11.4 Å². The van der Waals surface area contributed by atoms with Gasteiger partial charge in [-0.1, -0.05) is 35.0 Å². The van der Waals surface area contributed by atoms with Crippen molar-refractivity contribution >= 4 is 45.8 Å². The van der Waals surface area contributed by atoms with Gasteiger partial charge >= 0.3 is 0 Å². The van der Waals surface area contributed by atoms with Gasteiger partial charge in [0.25, 0.3) is 0 Å². The zero-order chi connectivity index (χ0) is 12.1. The van der Waals surface area contributed by atoms with Crippen molar-refractivity contribution in [2.45, 2.75) is 0 Å². The normalized spacial score (nSPS) is 11.1. The van der Waals surface area contributed by atoms with E-state index in [4.69, 9.17) is 28.5 Å². The van der Waals surface area contributed by atoms with E-state index in [1.54, 1.807) is 12.4 Å². The molecule has 3 nitrogen and oxygen atoms in total. The highest BCUT2D eigenvalue weighted by atomic mass is 35.5. The Balaban J connectivity index is 3.15. The van der Waals surface area contributed by atoms with Crippen LogP contribution in [0.4, 0.5) is 10.1 Å². The molecular weight excluding hydrogens is 272 g/mol. The summed E-state index contributed by atoms with van der Waals surface area (Å²) in [5, 5.41) is 11.0. The fourth-order valence-corrected chi connectivity index (χ4v) is 1.53. The first-order valence-corrected chi connectivity index (χ1v) is 5.99. The summed E-state index contributed by atoms with van der Waals surface area (Å²) in [6, 6.07) is 2.83. The Bertz CT molecular complexity index is 471. The third-order valence-electron chi connectivity index (χ3n) is 1.59. The SMILES string of the molecule is CSC(=Nc1ccc(Cl)c(Cl)c1F)NC#N. The van der Waals surface area contributed by atoms with Crippen LogP contribution in [0.2, 0.25) is 10.0 Å². The van der Waals surface area contributed by atoms with E-state index in [0.717, 1.165) is 0 Å². The molecule has 0 aliphatic rings. The number of halogens is 3. The van der Waals surface area contributed by atoms with Crippen LogP contribution in [0.1, 0.15) is 0 Å². The van der Waals surface area contributed by atoms with Crippen molar-refractivity contribution in [3.63, 3.8) is 0 Å². The first kappa shape index (κ1) is 13.1. The van der Waals surface area contributed by atoms with Crippen LogP contribution >= 0.6 is 35.0 Å².